The van der Waals surface area contributed by atoms with E-state index in [0.29, 0.717) is 5.92 Å². The van der Waals surface area contributed by atoms with Gasteiger partial charge in [-0.3, -0.25) is 0 Å². The van der Waals surface area contributed by atoms with Crippen LogP contribution in [-0.4, -0.2) is 0 Å². The molecule has 1 heteroatoms. The molecule has 0 amide bonds. The Labute approximate surface area is 98.7 Å². The van der Waals surface area contributed by atoms with Gasteiger partial charge in [0.25, 0.3) is 0 Å². The van der Waals surface area contributed by atoms with Gasteiger partial charge in [0.2, 0.25) is 0 Å². The topological polar surface area (TPSA) is 0 Å². The Bertz CT molecular complexity index is 332. The Morgan fingerprint density at radius 3 is 2.20 bits per heavy atom. The molecule has 0 N–H and O–H groups in total. The van der Waals surface area contributed by atoms with Crippen LogP contribution in [0.3, 0.4) is 0 Å². The van der Waals surface area contributed by atoms with Gasteiger partial charge in [-0.2, -0.15) is 0 Å². The van der Waals surface area contributed by atoms with Crippen LogP contribution in [0.25, 0.3) is 0 Å². The summed E-state index contributed by atoms with van der Waals surface area (Å²) in [6.07, 6.45) is 1.06. The smallest absolute Gasteiger partial charge is 0.0441 e. The van der Waals surface area contributed by atoms with Gasteiger partial charge in [-0.05, 0) is 34.9 Å². The van der Waals surface area contributed by atoms with Crippen molar-refractivity contribution in [3.8, 4) is 0 Å². The van der Waals surface area contributed by atoms with Crippen molar-refractivity contribution in [3.05, 3.63) is 34.3 Å². The Hall–Kier alpha value is -0.490. The summed E-state index contributed by atoms with van der Waals surface area (Å²) in [4.78, 5) is 0. The van der Waals surface area contributed by atoms with E-state index in [-0.39, 0.29) is 5.41 Å². The molecule has 15 heavy (non-hydrogen) atoms. The fourth-order valence-electron chi connectivity index (χ4n) is 1.62. The standard InChI is InChI=1S/C14H21Cl/c1-10(2)8-11-6-7-12(9-13(11)15)14(3,4)5/h6-7,9-10H,8H2,1-5H3. The molecule has 0 aromatic heterocycles. The molecule has 0 nitrogen and oxygen atoms in total. The summed E-state index contributed by atoms with van der Waals surface area (Å²) in [7, 11) is 0. The maximum absolute atomic E-state index is 6.28. The monoisotopic (exact) mass is 224 g/mol. The first-order valence-electron chi connectivity index (χ1n) is 5.59. The van der Waals surface area contributed by atoms with Gasteiger partial charge >= 0.3 is 0 Å². The molecule has 0 bridgehead atoms. The van der Waals surface area contributed by atoms with Crippen molar-refractivity contribution < 1.29 is 0 Å². The minimum atomic E-state index is 0.181. The average molecular weight is 225 g/mol. The highest BCUT2D eigenvalue weighted by Crippen LogP contribution is 2.28. The highest BCUT2D eigenvalue weighted by molar-refractivity contribution is 6.31. The van der Waals surface area contributed by atoms with Crippen LogP contribution in [0.5, 0.6) is 0 Å². The lowest BCUT2D eigenvalue weighted by atomic mass is 9.86. The van der Waals surface area contributed by atoms with Crippen LogP contribution in [0, 0.1) is 5.92 Å². The molecule has 0 radical (unpaired) electrons. The van der Waals surface area contributed by atoms with E-state index in [4.69, 9.17) is 11.6 Å². The van der Waals surface area contributed by atoms with Crippen LogP contribution >= 0.6 is 11.6 Å². The summed E-state index contributed by atoms with van der Waals surface area (Å²) in [6.45, 7) is 11.1. The summed E-state index contributed by atoms with van der Waals surface area (Å²) in [5, 5.41) is 0.913. The van der Waals surface area contributed by atoms with Crippen molar-refractivity contribution in [2.45, 2.75) is 46.5 Å². The predicted molar refractivity (Wildman–Crippen MR) is 68.7 cm³/mol. The second kappa shape index (κ2) is 4.57. The van der Waals surface area contributed by atoms with E-state index in [1.165, 1.54) is 11.1 Å². The number of rotatable bonds is 2. The Morgan fingerprint density at radius 2 is 1.80 bits per heavy atom. The molecule has 0 saturated carbocycles. The molecule has 0 aliphatic carbocycles. The quantitative estimate of drug-likeness (QED) is 0.675. The Balaban J connectivity index is 2.98. The van der Waals surface area contributed by atoms with Gasteiger partial charge in [-0.15, -0.1) is 0 Å². The van der Waals surface area contributed by atoms with Gasteiger partial charge < -0.3 is 0 Å². The zero-order valence-electron chi connectivity index (χ0n) is 10.4. The van der Waals surface area contributed by atoms with Crippen molar-refractivity contribution in [1.82, 2.24) is 0 Å². The van der Waals surface area contributed by atoms with Crippen LogP contribution in [0.15, 0.2) is 18.2 Å². The highest BCUT2D eigenvalue weighted by atomic mass is 35.5. The summed E-state index contributed by atoms with van der Waals surface area (Å²) < 4.78 is 0. The summed E-state index contributed by atoms with van der Waals surface area (Å²) >= 11 is 6.28. The lowest BCUT2D eigenvalue weighted by Crippen LogP contribution is -2.11. The van der Waals surface area contributed by atoms with E-state index in [2.05, 4.69) is 52.8 Å². The van der Waals surface area contributed by atoms with Crippen molar-refractivity contribution in [3.63, 3.8) is 0 Å². The molecule has 1 aromatic rings. The summed E-state index contributed by atoms with van der Waals surface area (Å²) in [6, 6.07) is 6.48. The molecule has 84 valence electrons. The molecule has 0 heterocycles. The van der Waals surface area contributed by atoms with E-state index >= 15 is 0 Å². The van der Waals surface area contributed by atoms with Gasteiger partial charge in [0.05, 0.1) is 0 Å². The van der Waals surface area contributed by atoms with Crippen molar-refractivity contribution >= 4 is 11.6 Å². The summed E-state index contributed by atoms with van der Waals surface area (Å²) in [5.74, 6) is 0.656. The fourth-order valence-corrected chi connectivity index (χ4v) is 1.88. The zero-order chi connectivity index (χ0) is 11.6. The lowest BCUT2D eigenvalue weighted by Gasteiger charge is -2.20. The molecule has 1 rings (SSSR count). The SMILES string of the molecule is CC(C)Cc1ccc(C(C)(C)C)cc1Cl. The van der Waals surface area contributed by atoms with Gasteiger partial charge in [-0.25, -0.2) is 0 Å². The van der Waals surface area contributed by atoms with E-state index < -0.39 is 0 Å². The minimum Gasteiger partial charge on any atom is -0.0840 e. The molecule has 0 unspecified atom stereocenters. The third-order valence-corrected chi connectivity index (χ3v) is 2.90. The Kier molecular flexibility index (Phi) is 3.83. The third-order valence-electron chi connectivity index (χ3n) is 2.55. The van der Waals surface area contributed by atoms with Gasteiger partial charge in [0.1, 0.15) is 0 Å². The van der Waals surface area contributed by atoms with E-state index in [1.807, 2.05) is 0 Å². The Morgan fingerprint density at radius 1 is 1.20 bits per heavy atom. The fraction of sp³-hybridized carbons (Fsp3) is 0.571. The molecule has 0 spiro atoms. The van der Waals surface area contributed by atoms with E-state index in [9.17, 15) is 0 Å². The maximum atomic E-state index is 6.28. The number of hydrogen-bond acceptors (Lipinski definition) is 0. The average Bonchev–Trinajstić information content (AvgIpc) is 2.05. The second-order valence-corrected chi connectivity index (χ2v) is 6.06. The van der Waals surface area contributed by atoms with E-state index in [1.54, 1.807) is 0 Å². The normalized spacial score (nSPS) is 12.2. The van der Waals surface area contributed by atoms with Gasteiger partial charge in [0, 0.05) is 5.02 Å². The maximum Gasteiger partial charge on any atom is 0.0441 e. The summed E-state index contributed by atoms with van der Waals surface area (Å²) in [5.41, 5.74) is 2.75. The second-order valence-electron chi connectivity index (χ2n) is 5.65. The highest BCUT2D eigenvalue weighted by Gasteiger charge is 2.15. The molecule has 0 saturated heterocycles. The van der Waals surface area contributed by atoms with Gasteiger partial charge in [0.15, 0.2) is 0 Å². The molecule has 0 fully saturated rings. The molecule has 0 aliphatic rings. The molecule has 1 aromatic carbocycles. The lowest BCUT2D eigenvalue weighted by molar-refractivity contribution is 0.589. The number of halogens is 1. The zero-order valence-corrected chi connectivity index (χ0v) is 11.2. The first-order chi connectivity index (χ1) is 6.80. The minimum absolute atomic E-state index is 0.181. The largest absolute Gasteiger partial charge is 0.0840 e. The number of hydrogen-bond donors (Lipinski definition) is 0. The van der Waals surface area contributed by atoms with Crippen molar-refractivity contribution in [2.24, 2.45) is 5.92 Å². The third kappa shape index (κ3) is 3.53. The van der Waals surface area contributed by atoms with Crippen LogP contribution in [0.4, 0.5) is 0 Å². The molecular formula is C14H21Cl. The first-order valence-corrected chi connectivity index (χ1v) is 5.97. The van der Waals surface area contributed by atoms with Crippen LogP contribution in [-0.2, 0) is 11.8 Å². The van der Waals surface area contributed by atoms with E-state index in [0.717, 1.165) is 11.4 Å². The van der Waals surface area contributed by atoms with Gasteiger partial charge in [-0.1, -0.05) is 58.4 Å². The van der Waals surface area contributed by atoms with Crippen LogP contribution < -0.4 is 0 Å². The van der Waals surface area contributed by atoms with Crippen molar-refractivity contribution in [1.29, 1.82) is 0 Å². The first kappa shape index (κ1) is 12.6. The molecule has 0 atom stereocenters. The van der Waals surface area contributed by atoms with Crippen LogP contribution in [0.1, 0.15) is 45.7 Å². The number of benzene rings is 1. The van der Waals surface area contributed by atoms with Crippen molar-refractivity contribution in [2.75, 3.05) is 0 Å². The molecule has 0 aliphatic heterocycles. The van der Waals surface area contributed by atoms with Crippen LogP contribution in [0.2, 0.25) is 5.02 Å². The predicted octanol–water partition coefficient (Wildman–Crippen LogP) is 4.84. The molecular weight excluding hydrogens is 204 g/mol.